The van der Waals surface area contributed by atoms with Gasteiger partial charge in [0.05, 0.1) is 0 Å². The summed E-state index contributed by atoms with van der Waals surface area (Å²) in [7, 11) is 0. The molecule has 0 aliphatic carbocycles. The number of nitrogens with two attached hydrogens (primary N) is 1. The third kappa shape index (κ3) is 3.56. The summed E-state index contributed by atoms with van der Waals surface area (Å²) in [6.45, 7) is 4.61. The smallest absolute Gasteiger partial charge is 0.222 e. The van der Waals surface area contributed by atoms with Crippen LogP contribution in [-0.2, 0) is 4.79 Å². The first-order valence-corrected chi connectivity index (χ1v) is 5.88. The number of hydrogen-bond acceptors (Lipinski definition) is 3. The molecule has 0 aromatic heterocycles. The molecule has 1 heterocycles. The van der Waals surface area contributed by atoms with Gasteiger partial charge in [-0.05, 0) is 13.0 Å². The molecule has 0 spiro atoms. The van der Waals surface area contributed by atoms with Crippen molar-refractivity contribution < 1.29 is 4.79 Å². The number of hydrogen-bond donors (Lipinski definition) is 1. The molecule has 1 atom stereocenters. The van der Waals surface area contributed by atoms with Crippen molar-refractivity contribution in [1.29, 1.82) is 0 Å². The molecule has 3 nitrogen and oxygen atoms in total. The molecule has 0 radical (unpaired) electrons. The monoisotopic (exact) mass is 202 g/mol. The van der Waals surface area contributed by atoms with Gasteiger partial charge in [0.25, 0.3) is 0 Å². The molecule has 1 aliphatic rings. The molecule has 0 aromatic carbocycles. The van der Waals surface area contributed by atoms with Crippen LogP contribution in [0.2, 0.25) is 0 Å². The Morgan fingerprint density at radius 1 is 1.69 bits per heavy atom. The van der Waals surface area contributed by atoms with E-state index in [1.54, 1.807) is 0 Å². The lowest BCUT2D eigenvalue weighted by Crippen LogP contribution is -2.41. The van der Waals surface area contributed by atoms with E-state index in [0.29, 0.717) is 18.2 Å². The third-order valence-electron chi connectivity index (χ3n) is 2.19. The van der Waals surface area contributed by atoms with E-state index in [9.17, 15) is 4.79 Å². The van der Waals surface area contributed by atoms with E-state index >= 15 is 0 Å². The van der Waals surface area contributed by atoms with Crippen LogP contribution in [0.15, 0.2) is 0 Å². The molecule has 0 unspecified atom stereocenters. The number of carbonyl (C=O) groups is 1. The van der Waals surface area contributed by atoms with Crippen molar-refractivity contribution in [2.75, 3.05) is 25.4 Å². The van der Waals surface area contributed by atoms with Gasteiger partial charge in [0, 0.05) is 30.5 Å². The molecule has 1 amide bonds. The van der Waals surface area contributed by atoms with Crippen LogP contribution >= 0.6 is 11.8 Å². The van der Waals surface area contributed by atoms with Crippen LogP contribution in [-0.4, -0.2) is 41.4 Å². The van der Waals surface area contributed by atoms with Crippen LogP contribution in [0.4, 0.5) is 0 Å². The molecule has 1 fully saturated rings. The maximum Gasteiger partial charge on any atom is 0.222 e. The summed E-state index contributed by atoms with van der Waals surface area (Å²) in [5.41, 5.74) is 5.36. The molecular weight excluding hydrogens is 184 g/mol. The summed E-state index contributed by atoms with van der Waals surface area (Å²) in [4.78, 5) is 13.5. The number of amides is 1. The van der Waals surface area contributed by atoms with Crippen molar-refractivity contribution in [2.24, 2.45) is 5.73 Å². The minimum absolute atomic E-state index is 0.276. The van der Waals surface area contributed by atoms with Crippen LogP contribution in [0.5, 0.6) is 0 Å². The fourth-order valence-corrected chi connectivity index (χ4v) is 2.47. The Hall–Kier alpha value is -0.220. The number of thioether (sulfide) groups is 1. The molecule has 1 saturated heterocycles. The molecule has 0 aromatic rings. The average molecular weight is 202 g/mol. The molecule has 2 N–H and O–H groups in total. The van der Waals surface area contributed by atoms with Crippen LogP contribution in [0.1, 0.15) is 19.8 Å². The summed E-state index contributed by atoms with van der Waals surface area (Å²) in [6, 6.07) is 0. The Balaban J connectivity index is 2.28. The maximum atomic E-state index is 11.6. The maximum absolute atomic E-state index is 11.6. The molecular formula is C9H18N2OS. The van der Waals surface area contributed by atoms with Crippen LogP contribution < -0.4 is 5.73 Å². The zero-order valence-electron chi connectivity index (χ0n) is 8.16. The lowest BCUT2D eigenvalue weighted by atomic mass is 10.2. The zero-order valence-corrected chi connectivity index (χ0v) is 8.98. The van der Waals surface area contributed by atoms with Gasteiger partial charge < -0.3 is 10.6 Å². The molecule has 1 aliphatic heterocycles. The average Bonchev–Trinajstić information content (AvgIpc) is 2.14. The summed E-state index contributed by atoms with van der Waals surface area (Å²) in [6.07, 6.45) is 1.44. The van der Waals surface area contributed by atoms with Gasteiger partial charge in [0.2, 0.25) is 5.91 Å². The van der Waals surface area contributed by atoms with Gasteiger partial charge in [0.1, 0.15) is 0 Å². The predicted octanol–water partition coefficient (Wildman–Crippen LogP) is 0.689. The van der Waals surface area contributed by atoms with Gasteiger partial charge >= 0.3 is 0 Å². The highest BCUT2D eigenvalue weighted by Gasteiger charge is 2.20. The first-order chi connectivity index (χ1) is 6.24. The van der Waals surface area contributed by atoms with E-state index < -0.39 is 0 Å². The highest BCUT2D eigenvalue weighted by atomic mass is 32.2. The minimum atomic E-state index is 0.276. The highest BCUT2D eigenvalue weighted by molar-refractivity contribution is 7.99. The van der Waals surface area contributed by atoms with Crippen molar-refractivity contribution >= 4 is 17.7 Å². The summed E-state index contributed by atoms with van der Waals surface area (Å²) in [5, 5.41) is 0.593. The quantitative estimate of drug-likeness (QED) is 0.732. The lowest BCUT2D eigenvalue weighted by molar-refractivity contribution is -0.131. The summed E-state index contributed by atoms with van der Waals surface area (Å²) < 4.78 is 0. The highest BCUT2D eigenvalue weighted by Crippen LogP contribution is 2.18. The van der Waals surface area contributed by atoms with E-state index in [4.69, 9.17) is 5.73 Å². The Kier molecular flexibility index (Phi) is 4.59. The number of rotatable bonds is 3. The molecule has 76 valence electrons. The SMILES string of the molecule is C[C@H]1CN(C(=O)CCCN)CCS1. The molecule has 4 heteroatoms. The fraction of sp³-hybridized carbons (Fsp3) is 0.889. The number of nitrogens with zero attached hydrogens (tertiary/aromatic N) is 1. The third-order valence-corrected chi connectivity index (χ3v) is 3.32. The normalized spacial score (nSPS) is 23.2. The standard InChI is InChI=1S/C9H18N2OS/c1-8-7-11(5-6-13-8)9(12)3-2-4-10/h8H,2-7,10H2,1H3/t8-/m0/s1. The van der Waals surface area contributed by atoms with Crippen molar-refractivity contribution in [3.8, 4) is 0 Å². The second-order valence-corrected chi connectivity index (χ2v) is 4.96. The first kappa shape index (κ1) is 10.9. The van der Waals surface area contributed by atoms with Gasteiger partial charge in [-0.15, -0.1) is 0 Å². The molecule has 0 bridgehead atoms. The topological polar surface area (TPSA) is 46.3 Å². The second kappa shape index (κ2) is 5.50. The predicted molar refractivity (Wildman–Crippen MR) is 56.8 cm³/mol. The van der Waals surface area contributed by atoms with Crippen molar-refractivity contribution in [2.45, 2.75) is 25.0 Å². The summed E-state index contributed by atoms with van der Waals surface area (Å²) in [5.74, 6) is 1.35. The molecule has 13 heavy (non-hydrogen) atoms. The van der Waals surface area contributed by atoms with E-state index in [0.717, 1.165) is 25.3 Å². The van der Waals surface area contributed by atoms with Crippen LogP contribution in [0.25, 0.3) is 0 Å². The van der Waals surface area contributed by atoms with Crippen molar-refractivity contribution in [1.82, 2.24) is 4.90 Å². The van der Waals surface area contributed by atoms with Crippen LogP contribution in [0.3, 0.4) is 0 Å². The second-order valence-electron chi connectivity index (χ2n) is 3.41. The first-order valence-electron chi connectivity index (χ1n) is 4.83. The van der Waals surface area contributed by atoms with Crippen molar-refractivity contribution in [3.63, 3.8) is 0 Å². The van der Waals surface area contributed by atoms with Crippen molar-refractivity contribution in [3.05, 3.63) is 0 Å². The van der Waals surface area contributed by atoms with E-state index in [-0.39, 0.29) is 5.91 Å². The van der Waals surface area contributed by atoms with Gasteiger partial charge in [-0.3, -0.25) is 4.79 Å². The van der Waals surface area contributed by atoms with Gasteiger partial charge in [-0.1, -0.05) is 6.92 Å². The van der Waals surface area contributed by atoms with Gasteiger partial charge in [-0.2, -0.15) is 11.8 Å². The Labute approximate surface area is 84.0 Å². The molecule has 1 rings (SSSR count). The molecule has 0 saturated carbocycles. The van der Waals surface area contributed by atoms with E-state index in [2.05, 4.69) is 6.92 Å². The largest absolute Gasteiger partial charge is 0.341 e. The van der Waals surface area contributed by atoms with Gasteiger partial charge in [-0.25, -0.2) is 0 Å². The Morgan fingerprint density at radius 3 is 3.08 bits per heavy atom. The Morgan fingerprint density at radius 2 is 2.46 bits per heavy atom. The minimum Gasteiger partial charge on any atom is -0.341 e. The summed E-state index contributed by atoms with van der Waals surface area (Å²) >= 11 is 1.94. The fourth-order valence-electron chi connectivity index (χ4n) is 1.46. The zero-order chi connectivity index (χ0) is 9.68. The number of carbonyl (C=O) groups excluding carboxylic acids is 1. The van der Waals surface area contributed by atoms with Gasteiger partial charge in [0.15, 0.2) is 0 Å². The lowest BCUT2D eigenvalue weighted by Gasteiger charge is -2.30. The van der Waals surface area contributed by atoms with E-state index in [1.807, 2.05) is 16.7 Å². The Bertz CT molecular complexity index is 175. The van der Waals surface area contributed by atoms with Crippen LogP contribution in [0, 0.1) is 0 Å². The van der Waals surface area contributed by atoms with E-state index in [1.165, 1.54) is 0 Å².